The SMILES string of the molecule is CCOCCn1c(=NC(C)=O)sc2cccc(OCC)c21. The minimum Gasteiger partial charge on any atom is -0.492 e. The molecular weight excluding hydrogens is 288 g/mol. The maximum Gasteiger partial charge on any atom is 0.245 e. The number of aromatic nitrogens is 1. The van der Waals surface area contributed by atoms with Crippen molar-refractivity contribution in [3.8, 4) is 5.75 Å². The van der Waals surface area contributed by atoms with Crippen molar-refractivity contribution in [1.82, 2.24) is 4.57 Å². The van der Waals surface area contributed by atoms with Gasteiger partial charge >= 0.3 is 0 Å². The lowest BCUT2D eigenvalue weighted by atomic mass is 10.3. The lowest BCUT2D eigenvalue weighted by Crippen LogP contribution is -2.19. The molecule has 0 unspecified atom stereocenters. The quantitative estimate of drug-likeness (QED) is 0.771. The molecule has 0 aliphatic heterocycles. The first-order valence-electron chi connectivity index (χ1n) is 7.05. The van der Waals surface area contributed by atoms with Crippen LogP contribution in [0.4, 0.5) is 0 Å². The van der Waals surface area contributed by atoms with Gasteiger partial charge in [0, 0.05) is 20.1 Å². The molecule has 1 heterocycles. The zero-order valence-electron chi connectivity index (χ0n) is 12.6. The molecule has 21 heavy (non-hydrogen) atoms. The Morgan fingerprint density at radius 2 is 2.14 bits per heavy atom. The number of para-hydroxylation sites is 1. The lowest BCUT2D eigenvalue weighted by Gasteiger charge is -2.09. The Balaban J connectivity index is 2.58. The average molecular weight is 308 g/mol. The van der Waals surface area contributed by atoms with E-state index in [1.807, 2.05) is 36.6 Å². The normalized spacial score (nSPS) is 12.0. The van der Waals surface area contributed by atoms with Gasteiger partial charge in [0.15, 0.2) is 4.80 Å². The zero-order chi connectivity index (χ0) is 15.2. The van der Waals surface area contributed by atoms with Gasteiger partial charge in [0.25, 0.3) is 0 Å². The van der Waals surface area contributed by atoms with Crippen LogP contribution in [-0.4, -0.2) is 30.3 Å². The van der Waals surface area contributed by atoms with E-state index in [9.17, 15) is 4.79 Å². The van der Waals surface area contributed by atoms with Crippen molar-refractivity contribution >= 4 is 27.5 Å². The number of nitrogens with zero attached hydrogens (tertiary/aromatic N) is 2. The highest BCUT2D eigenvalue weighted by Crippen LogP contribution is 2.27. The number of amides is 1. The van der Waals surface area contributed by atoms with Gasteiger partial charge < -0.3 is 14.0 Å². The monoisotopic (exact) mass is 308 g/mol. The predicted molar refractivity (Wildman–Crippen MR) is 83.7 cm³/mol. The fourth-order valence-electron chi connectivity index (χ4n) is 2.10. The highest BCUT2D eigenvalue weighted by molar-refractivity contribution is 7.16. The predicted octanol–water partition coefficient (Wildman–Crippen LogP) is 2.59. The molecule has 0 radical (unpaired) electrons. The van der Waals surface area contributed by atoms with Crippen LogP contribution in [0.2, 0.25) is 0 Å². The van der Waals surface area contributed by atoms with Crippen LogP contribution in [0.3, 0.4) is 0 Å². The van der Waals surface area contributed by atoms with Gasteiger partial charge in [-0.3, -0.25) is 4.79 Å². The van der Waals surface area contributed by atoms with E-state index in [1.54, 1.807) is 0 Å². The van der Waals surface area contributed by atoms with Gasteiger partial charge in [-0.05, 0) is 26.0 Å². The largest absolute Gasteiger partial charge is 0.492 e. The van der Waals surface area contributed by atoms with Gasteiger partial charge in [-0.25, -0.2) is 0 Å². The Bertz CT molecular complexity index is 688. The number of carbonyl (C=O) groups is 1. The first-order chi connectivity index (χ1) is 10.2. The van der Waals surface area contributed by atoms with Gasteiger partial charge in [0.1, 0.15) is 11.3 Å². The minimum absolute atomic E-state index is 0.204. The van der Waals surface area contributed by atoms with E-state index in [2.05, 4.69) is 4.99 Å². The third-order valence-corrected chi connectivity index (χ3v) is 3.92. The molecule has 0 spiro atoms. The second kappa shape index (κ2) is 7.38. The summed E-state index contributed by atoms with van der Waals surface area (Å²) in [5.74, 6) is 0.609. The van der Waals surface area contributed by atoms with E-state index >= 15 is 0 Å². The van der Waals surface area contributed by atoms with Crippen LogP contribution in [0.25, 0.3) is 10.2 Å². The Morgan fingerprint density at radius 3 is 2.81 bits per heavy atom. The molecule has 0 fully saturated rings. The Labute approximate surface area is 127 Å². The van der Waals surface area contributed by atoms with E-state index in [0.29, 0.717) is 31.2 Å². The van der Waals surface area contributed by atoms with E-state index in [4.69, 9.17) is 9.47 Å². The molecule has 0 saturated carbocycles. The van der Waals surface area contributed by atoms with E-state index in [-0.39, 0.29) is 5.91 Å². The van der Waals surface area contributed by atoms with Crippen molar-refractivity contribution in [3.63, 3.8) is 0 Å². The summed E-state index contributed by atoms with van der Waals surface area (Å²) in [5, 5.41) is 0. The first kappa shape index (κ1) is 15.7. The molecule has 1 aromatic carbocycles. The third-order valence-electron chi connectivity index (χ3n) is 2.88. The first-order valence-corrected chi connectivity index (χ1v) is 7.87. The van der Waals surface area contributed by atoms with Gasteiger partial charge in [-0.15, -0.1) is 0 Å². The summed E-state index contributed by atoms with van der Waals surface area (Å²) in [7, 11) is 0. The molecule has 1 amide bonds. The maximum atomic E-state index is 11.3. The molecule has 114 valence electrons. The molecule has 6 heteroatoms. The molecule has 1 aromatic heterocycles. The Morgan fingerprint density at radius 1 is 1.33 bits per heavy atom. The van der Waals surface area contributed by atoms with E-state index in [1.165, 1.54) is 18.3 Å². The smallest absolute Gasteiger partial charge is 0.245 e. The molecule has 2 aromatic rings. The summed E-state index contributed by atoms with van der Waals surface area (Å²) in [4.78, 5) is 16.1. The number of thiazole rings is 1. The van der Waals surface area contributed by atoms with Gasteiger partial charge in [0.2, 0.25) is 5.91 Å². The summed E-state index contributed by atoms with van der Waals surface area (Å²) < 4.78 is 14.2. The number of hydrogen-bond acceptors (Lipinski definition) is 4. The second-order valence-electron chi connectivity index (χ2n) is 4.40. The van der Waals surface area contributed by atoms with Crippen LogP contribution in [0, 0.1) is 0 Å². The molecule has 0 aliphatic carbocycles. The third kappa shape index (κ3) is 3.71. The minimum atomic E-state index is -0.204. The molecule has 5 nitrogen and oxygen atoms in total. The highest BCUT2D eigenvalue weighted by atomic mass is 32.1. The van der Waals surface area contributed by atoms with Crippen LogP contribution >= 0.6 is 11.3 Å². The van der Waals surface area contributed by atoms with Crippen molar-refractivity contribution < 1.29 is 14.3 Å². The Kier molecular flexibility index (Phi) is 5.52. The van der Waals surface area contributed by atoms with E-state index in [0.717, 1.165) is 16.0 Å². The molecule has 2 rings (SSSR count). The van der Waals surface area contributed by atoms with Gasteiger partial charge in [-0.2, -0.15) is 4.99 Å². The number of fused-ring (bicyclic) bond motifs is 1. The van der Waals surface area contributed by atoms with Crippen molar-refractivity contribution in [2.24, 2.45) is 4.99 Å². The second-order valence-corrected chi connectivity index (χ2v) is 5.41. The fourth-order valence-corrected chi connectivity index (χ4v) is 3.21. The van der Waals surface area contributed by atoms with Gasteiger partial charge in [-0.1, -0.05) is 17.4 Å². The Hall–Kier alpha value is -1.66. The zero-order valence-corrected chi connectivity index (χ0v) is 13.4. The molecular formula is C15H20N2O3S. The average Bonchev–Trinajstić information content (AvgIpc) is 2.77. The lowest BCUT2D eigenvalue weighted by molar-refractivity contribution is -0.116. The maximum absolute atomic E-state index is 11.3. The van der Waals surface area contributed by atoms with Crippen molar-refractivity contribution in [2.45, 2.75) is 27.3 Å². The molecule has 0 saturated heterocycles. The number of carbonyl (C=O) groups excluding carboxylic acids is 1. The summed E-state index contributed by atoms with van der Waals surface area (Å²) in [6, 6.07) is 5.90. The summed E-state index contributed by atoms with van der Waals surface area (Å²) in [6.07, 6.45) is 0. The number of hydrogen-bond donors (Lipinski definition) is 0. The van der Waals surface area contributed by atoms with Crippen molar-refractivity contribution in [1.29, 1.82) is 0 Å². The van der Waals surface area contributed by atoms with Crippen LogP contribution < -0.4 is 9.54 Å². The highest BCUT2D eigenvalue weighted by Gasteiger charge is 2.11. The molecule has 0 N–H and O–H groups in total. The number of rotatable bonds is 6. The van der Waals surface area contributed by atoms with Crippen LogP contribution in [0.1, 0.15) is 20.8 Å². The standard InChI is InChI=1S/C15H20N2O3S/c1-4-19-10-9-17-14-12(20-5-2)7-6-8-13(14)21-15(17)16-11(3)18/h6-8H,4-5,9-10H2,1-3H3. The van der Waals surface area contributed by atoms with Crippen LogP contribution in [0.15, 0.2) is 23.2 Å². The summed E-state index contributed by atoms with van der Waals surface area (Å²) in [6.45, 7) is 7.86. The topological polar surface area (TPSA) is 52.8 Å². The molecule has 0 bridgehead atoms. The summed E-state index contributed by atoms with van der Waals surface area (Å²) in [5.41, 5.74) is 0.976. The van der Waals surface area contributed by atoms with Crippen LogP contribution in [0.5, 0.6) is 5.75 Å². The summed E-state index contributed by atoms with van der Waals surface area (Å²) >= 11 is 1.49. The van der Waals surface area contributed by atoms with Gasteiger partial charge in [0.05, 0.1) is 17.9 Å². The number of benzene rings is 1. The van der Waals surface area contributed by atoms with Crippen LogP contribution in [-0.2, 0) is 16.1 Å². The van der Waals surface area contributed by atoms with Crippen molar-refractivity contribution in [3.05, 3.63) is 23.0 Å². The van der Waals surface area contributed by atoms with Crippen molar-refractivity contribution in [2.75, 3.05) is 19.8 Å². The molecule has 0 atom stereocenters. The fraction of sp³-hybridized carbons (Fsp3) is 0.467. The molecule has 0 aliphatic rings. The van der Waals surface area contributed by atoms with E-state index < -0.39 is 0 Å². The number of ether oxygens (including phenoxy) is 2.